The van der Waals surface area contributed by atoms with Gasteiger partial charge in [0.25, 0.3) is 0 Å². The van der Waals surface area contributed by atoms with E-state index in [0.717, 1.165) is 24.1 Å². The third kappa shape index (κ3) is 3.14. The summed E-state index contributed by atoms with van der Waals surface area (Å²) in [6.45, 7) is 0. The normalized spacial score (nSPS) is 10.1. The standard InChI is InChI=1S/C14H15N3/c15-14(16)12-5-3-4-11(10-12)7-8-13-6-1-2-9-17-13/h1-6,9-10H,7-8H2,(H3,15,16). The molecule has 0 saturated carbocycles. The van der Waals surface area contributed by atoms with Crippen molar-refractivity contribution in [3.63, 3.8) is 0 Å². The fourth-order valence-corrected chi connectivity index (χ4v) is 1.71. The van der Waals surface area contributed by atoms with E-state index in [0.29, 0.717) is 0 Å². The highest BCUT2D eigenvalue weighted by Gasteiger charge is 2.00. The number of nitrogen functional groups attached to an aromatic ring is 1. The minimum absolute atomic E-state index is 0.115. The number of nitrogens with zero attached hydrogens (tertiary/aromatic N) is 1. The molecule has 3 nitrogen and oxygen atoms in total. The Morgan fingerprint density at radius 1 is 1.12 bits per heavy atom. The molecule has 0 spiro atoms. The summed E-state index contributed by atoms with van der Waals surface area (Å²) in [6.07, 6.45) is 3.63. The number of benzene rings is 1. The quantitative estimate of drug-likeness (QED) is 0.618. The zero-order valence-electron chi connectivity index (χ0n) is 9.56. The molecule has 0 amide bonds. The zero-order chi connectivity index (χ0) is 12.1. The average Bonchev–Trinajstić information content (AvgIpc) is 2.38. The highest BCUT2D eigenvalue weighted by molar-refractivity contribution is 5.95. The molecule has 2 rings (SSSR count). The van der Waals surface area contributed by atoms with Gasteiger partial charge >= 0.3 is 0 Å². The van der Waals surface area contributed by atoms with Gasteiger partial charge in [-0.3, -0.25) is 10.4 Å². The lowest BCUT2D eigenvalue weighted by atomic mass is 10.0. The molecule has 1 heterocycles. The second-order valence-corrected chi connectivity index (χ2v) is 3.94. The Hall–Kier alpha value is -2.16. The van der Waals surface area contributed by atoms with Gasteiger partial charge in [0, 0.05) is 17.5 Å². The third-order valence-electron chi connectivity index (χ3n) is 2.63. The van der Waals surface area contributed by atoms with Gasteiger partial charge in [0.15, 0.2) is 0 Å². The first kappa shape index (κ1) is 11.3. The van der Waals surface area contributed by atoms with Crippen molar-refractivity contribution in [3.8, 4) is 0 Å². The maximum atomic E-state index is 7.39. The summed E-state index contributed by atoms with van der Waals surface area (Å²) in [4.78, 5) is 4.28. The maximum absolute atomic E-state index is 7.39. The molecule has 0 aliphatic heterocycles. The average molecular weight is 225 g/mol. The summed E-state index contributed by atoms with van der Waals surface area (Å²) in [7, 11) is 0. The summed E-state index contributed by atoms with van der Waals surface area (Å²) in [5.41, 5.74) is 8.51. The van der Waals surface area contributed by atoms with Crippen LogP contribution in [-0.4, -0.2) is 10.8 Å². The van der Waals surface area contributed by atoms with Gasteiger partial charge in [-0.15, -0.1) is 0 Å². The van der Waals surface area contributed by atoms with E-state index in [4.69, 9.17) is 11.1 Å². The summed E-state index contributed by atoms with van der Waals surface area (Å²) >= 11 is 0. The van der Waals surface area contributed by atoms with Gasteiger partial charge < -0.3 is 5.73 Å². The molecule has 0 aliphatic carbocycles. The Kier molecular flexibility index (Phi) is 3.50. The lowest BCUT2D eigenvalue weighted by Gasteiger charge is -2.04. The van der Waals surface area contributed by atoms with E-state index in [2.05, 4.69) is 11.1 Å². The van der Waals surface area contributed by atoms with Crippen molar-refractivity contribution in [1.82, 2.24) is 4.98 Å². The van der Waals surface area contributed by atoms with Crippen LogP contribution in [0.4, 0.5) is 0 Å². The first-order valence-corrected chi connectivity index (χ1v) is 5.59. The van der Waals surface area contributed by atoms with Crippen LogP contribution in [0.2, 0.25) is 0 Å². The van der Waals surface area contributed by atoms with Gasteiger partial charge in [-0.05, 0) is 36.6 Å². The highest BCUT2D eigenvalue weighted by atomic mass is 14.7. The molecule has 0 fully saturated rings. The topological polar surface area (TPSA) is 62.8 Å². The summed E-state index contributed by atoms with van der Waals surface area (Å²) < 4.78 is 0. The van der Waals surface area contributed by atoms with Crippen LogP contribution in [0.25, 0.3) is 0 Å². The number of hydrogen-bond acceptors (Lipinski definition) is 2. The molecule has 2 aromatic rings. The van der Waals surface area contributed by atoms with Crippen molar-refractivity contribution in [2.45, 2.75) is 12.8 Å². The van der Waals surface area contributed by atoms with Gasteiger partial charge in [0.1, 0.15) is 5.84 Å². The Balaban J connectivity index is 2.04. The number of hydrogen-bond donors (Lipinski definition) is 2. The second-order valence-electron chi connectivity index (χ2n) is 3.94. The van der Waals surface area contributed by atoms with Crippen LogP contribution in [0, 0.1) is 5.41 Å². The first-order chi connectivity index (χ1) is 8.25. The maximum Gasteiger partial charge on any atom is 0.122 e. The summed E-state index contributed by atoms with van der Waals surface area (Å²) in [5, 5.41) is 7.39. The minimum Gasteiger partial charge on any atom is -0.384 e. The smallest absolute Gasteiger partial charge is 0.122 e. The predicted octanol–water partition coefficient (Wildman–Crippen LogP) is 2.15. The Morgan fingerprint density at radius 2 is 2.00 bits per heavy atom. The number of amidine groups is 1. The molecule has 1 aromatic carbocycles. The SMILES string of the molecule is N=C(N)c1cccc(CCc2ccccn2)c1. The van der Waals surface area contributed by atoms with Crippen molar-refractivity contribution in [2.75, 3.05) is 0 Å². The minimum atomic E-state index is 0.115. The molecule has 0 bridgehead atoms. The molecule has 0 atom stereocenters. The molecule has 3 heteroatoms. The number of aryl methyl sites for hydroxylation is 2. The van der Waals surface area contributed by atoms with Gasteiger partial charge in [0.05, 0.1) is 0 Å². The Labute approximate surface area is 101 Å². The fraction of sp³-hybridized carbons (Fsp3) is 0.143. The van der Waals surface area contributed by atoms with Gasteiger partial charge in [-0.25, -0.2) is 0 Å². The van der Waals surface area contributed by atoms with Crippen molar-refractivity contribution >= 4 is 5.84 Å². The monoisotopic (exact) mass is 225 g/mol. The van der Waals surface area contributed by atoms with Gasteiger partial charge in [-0.1, -0.05) is 24.3 Å². The van der Waals surface area contributed by atoms with Crippen molar-refractivity contribution < 1.29 is 0 Å². The van der Waals surface area contributed by atoms with Gasteiger partial charge in [-0.2, -0.15) is 0 Å². The number of nitrogens with one attached hydrogen (secondary N) is 1. The van der Waals surface area contributed by atoms with E-state index >= 15 is 0 Å². The van der Waals surface area contributed by atoms with Crippen LogP contribution in [0.15, 0.2) is 48.7 Å². The summed E-state index contributed by atoms with van der Waals surface area (Å²) in [6, 6.07) is 13.7. The van der Waals surface area contributed by atoms with Crippen LogP contribution >= 0.6 is 0 Å². The van der Waals surface area contributed by atoms with Crippen molar-refractivity contribution in [3.05, 3.63) is 65.5 Å². The molecule has 0 radical (unpaired) electrons. The number of aromatic nitrogens is 1. The van der Waals surface area contributed by atoms with Crippen LogP contribution in [0.3, 0.4) is 0 Å². The van der Waals surface area contributed by atoms with Crippen molar-refractivity contribution in [1.29, 1.82) is 5.41 Å². The van der Waals surface area contributed by atoms with Crippen LogP contribution < -0.4 is 5.73 Å². The highest BCUT2D eigenvalue weighted by Crippen LogP contribution is 2.08. The van der Waals surface area contributed by atoms with E-state index < -0.39 is 0 Å². The van der Waals surface area contributed by atoms with E-state index in [-0.39, 0.29) is 5.84 Å². The lowest BCUT2D eigenvalue weighted by molar-refractivity contribution is 0.913. The molecular formula is C14H15N3. The molecule has 3 N–H and O–H groups in total. The molecule has 1 aromatic heterocycles. The molecule has 0 saturated heterocycles. The van der Waals surface area contributed by atoms with Gasteiger partial charge in [0.2, 0.25) is 0 Å². The largest absolute Gasteiger partial charge is 0.384 e. The summed E-state index contributed by atoms with van der Waals surface area (Å²) in [5.74, 6) is 0.115. The van der Waals surface area contributed by atoms with E-state index in [9.17, 15) is 0 Å². The van der Waals surface area contributed by atoms with Crippen LogP contribution in [0.1, 0.15) is 16.8 Å². The zero-order valence-corrected chi connectivity index (χ0v) is 9.56. The second kappa shape index (κ2) is 5.25. The fourth-order valence-electron chi connectivity index (χ4n) is 1.71. The Bertz CT molecular complexity index is 506. The van der Waals surface area contributed by atoms with E-state index in [1.54, 1.807) is 6.20 Å². The Morgan fingerprint density at radius 3 is 2.71 bits per heavy atom. The van der Waals surface area contributed by atoms with E-state index in [1.165, 1.54) is 5.56 Å². The first-order valence-electron chi connectivity index (χ1n) is 5.59. The molecule has 17 heavy (non-hydrogen) atoms. The molecule has 86 valence electrons. The molecular weight excluding hydrogens is 210 g/mol. The number of nitrogens with two attached hydrogens (primary N) is 1. The van der Waals surface area contributed by atoms with Crippen molar-refractivity contribution in [2.24, 2.45) is 5.73 Å². The third-order valence-corrected chi connectivity index (χ3v) is 2.63. The predicted molar refractivity (Wildman–Crippen MR) is 69.1 cm³/mol. The number of pyridine rings is 1. The van der Waals surface area contributed by atoms with E-state index in [1.807, 2.05) is 36.4 Å². The van der Waals surface area contributed by atoms with Crippen LogP contribution in [0.5, 0.6) is 0 Å². The molecule has 0 unspecified atom stereocenters. The number of rotatable bonds is 4. The van der Waals surface area contributed by atoms with Crippen LogP contribution in [-0.2, 0) is 12.8 Å². The molecule has 0 aliphatic rings. The lowest BCUT2D eigenvalue weighted by Crippen LogP contribution is -2.11.